The van der Waals surface area contributed by atoms with Crippen molar-refractivity contribution in [3.8, 4) is 5.75 Å². The Morgan fingerprint density at radius 1 is 1.20 bits per heavy atom. The third kappa shape index (κ3) is 3.02. The fraction of sp³-hybridized carbons (Fsp3) is 0.381. The fourth-order valence-corrected chi connectivity index (χ4v) is 5.07. The number of hydrogen-bond donors (Lipinski definition) is 1. The average molecular weight is 426 g/mol. The van der Waals surface area contributed by atoms with Crippen molar-refractivity contribution >= 4 is 21.3 Å². The Hall–Kier alpha value is -2.70. The second-order valence-electron chi connectivity index (χ2n) is 7.96. The van der Waals surface area contributed by atoms with Gasteiger partial charge in [-0.15, -0.1) is 0 Å². The minimum absolute atomic E-state index is 0.0237. The highest BCUT2D eigenvalue weighted by Gasteiger charge is 2.48. The molecule has 2 fully saturated rings. The van der Waals surface area contributed by atoms with Crippen LogP contribution in [0.2, 0.25) is 0 Å². The smallest absolute Gasteiger partial charge is 0.275 e. The number of carbonyl (C=O) groups is 2. The molecule has 0 bridgehead atoms. The Kier molecular flexibility index (Phi) is 4.83. The van der Waals surface area contributed by atoms with E-state index in [4.69, 9.17) is 4.52 Å². The van der Waals surface area contributed by atoms with Gasteiger partial charge in [-0.3, -0.25) is 19.3 Å². The molecule has 3 atom stereocenters. The van der Waals surface area contributed by atoms with Gasteiger partial charge in [-0.05, 0) is 18.4 Å². The van der Waals surface area contributed by atoms with Crippen LogP contribution in [0.4, 0.5) is 0 Å². The van der Waals surface area contributed by atoms with E-state index >= 15 is 0 Å². The van der Waals surface area contributed by atoms with Crippen molar-refractivity contribution in [1.29, 1.82) is 0 Å². The number of nitrogens with one attached hydrogen (secondary N) is 1. The fourth-order valence-electron chi connectivity index (χ4n) is 4.86. The average Bonchev–Trinajstić information content (AvgIpc) is 3.35. The van der Waals surface area contributed by atoms with Crippen LogP contribution in [0.1, 0.15) is 39.3 Å². The molecule has 2 saturated heterocycles. The van der Waals surface area contributed by atoms with Crippen LogP contribution in [0.25, 0.3) is 0 Å². The van der Waals surface area contributed by atoms with E-state index in [2.05, 4.69) is 10.2 Å². The van der Waals surface area contributed by atoms with Crippen molar-refractivity contribution in [3.63, 3.8) is 0 Å². The van der Waals surface area contributed by atoms with Crippen molar-refractivity contribution in [2.45, 2.75) is 38.1 Å². The van der Waals surface area contributed by atoms with Crippen LogP contribution < -0.4 is 15.3 Å². The van der Waals surface area contributed by atoms with Gasteiger partial charge >= 0.3 is 0 Å². The lowest BCUT2D eigenvalue weighted by Gasteiger charge is -2.36. The summed E-state index contributed by atoms with van der Waals surface area (Å²) in [6, 6.07) is 9.85. The maximum atomic E-state index is 13.2. The summed E-state index contributed by atoms with van der Waals surface area (Å²) in [4.78, 5) is 43.2. The van der Waals surface area contributed by atoms with Gasteiger partial charge in [-0.1, -0.05) is 30.3 Å². The van der Waals surface area contributed by atoms with Crippen molar-refractivity contribution in [2.75, 3.05) is 13.1 Å². The molecule has 1 N–H and O–H groups in total. The largest absolute Gasteiger partial charge is 0.474 e. The normalized spacial score (nSPS) is 22.4. The molecule has 0 aliphatic carbocycles. The van der Waals surface area contributed by atoms with Gasteiger partial charge in [0.15, 0.2) is 11.4 Å². The molecule has 1 unspecified atom stereocenters. The zero-order valence-electron chi connectivity index (χ0n) is 16.4. The van der Waals surface area contributed by atoms with Crippen molar-refractivity contribution in [1.82, 2.24) is 19.7 Å². The molecule has 8 nitrogen and oxygen atoms in total. The standard InChI is InChI=1S/C21H23N4O4P/c26-18-15(20(27)22-9-13-5-2-1-3-6-13)11-23-12-16-24-8-4-7-14(24)10-25(16)21(28)17(23)19(18)29-30/h1-3,5-6,11,14,16H,4,7-10,12,30H2,(H,22,27)/t14-,16-/m0/s1. The second kappa shape index (κ2) is 7.52. The highest BCUT2D eigenvalue weighted by Crippen LogP contribution is 2.35. The number of amides is 2. The van der Waals surface area contributed by atoms with Crippen LogP contribution >= 0.6 is 9.47 Å². The monoisotopic (exact) mass is 426 g/mol. The van der Waals surface area contributed by atoms with Crippen molar-refractivity contribution < 1.29 is 14.1 Å². The molecule has 2 amide bonds. The molecule has 1 aromatic heterocycles. The summed E-state index contributed by atoms with van der Waals surface area (Å²) in [5.41, 5.74) is 0.549. The second-order valence-corrected chi connectivity index (χ2v) is 8.20. The third-order valence-corrected chi connectivity index (χ3v) is 6.53. The zero-order chi connectivity index (χ0) is 20.8. The van der Waals surface area contributed by atoms with Crippen LogP contribution in [0, 0.1) is 0 Å². The van der Waals surface area contributed by atoms with Crippen molar-refractivity contribution in [2.24, 2.45) is 0 Å². The summed E-state index contributed by atoms with van der Waals surface area (Å²) >= 11 is 0. The van der Waals surface area contributed by atoms with Gasteiger partial charge in [0.2, 0.25) is 5.43 Å². The Morgan fingerprint density at radius 3 is 2.77 bits per heavy atom. The van der Waals surface area contributed by atoms with Gasteiger partial charge in [0.1, 0.15) is 11.7 Å². The Balaban J connectivity index is 1.48. The number of nitrogens with zero attached hydrogens (tertiary/aromatic N) is 3. The quantitative estimate of drug-likeness (QED) is 0.743. The summed E-state index contributed by atoms with van der Waals surface area (Å²) < 4.78 is 6.96. The van der Waals surface area contributed by atoms with E-state index in [9.17, 15) is 14.4 Å². The van der Waals surface area contributed by atoms with Gasteiger partial charge in [-0.2, -0.15) is 0 Å². The lowest BCUT2D eigenvalue weighted by atomic mass is 10.1. The summed E-state index contributed by atoms with van der Waals surface area (Å²) in [6.07, 6.45) is 3.67. The highest BCUT2D eigenvalue weighted by atomic mass is 31.0. The van der Waals surface area contributed by atoms with E-state index in [1.54, 1.807) is 4.57 Å². The maximum Gasteiger partial charge on any atom is 0.275 e. The molecule has 4 heterocycles. The Labute approximate surface area is 176 Å². The molecule has 156 valence electrons. The van der Waals surface area contributed by atoms with E-state index in [-0.39, 0.29) is 29.1 Å². The molecular formula is C21H23N4O4P. The number of hydrogen-bond acceptors (Lipinski definition) is 5. The number of fused-ring (bicyclic) bond motifs is 4. The predicted molar refractivity (Wildman–Crippen MR) is 113 cm³/mol. The van der Waals surface area contributed by atoms with Crippen LogP contribution in [0.15, 0.2) is 41.3 Å². The van der Waals surface area contributed by atoms with E-state index < -0.39 is 11.3 Å². The topological polar surface area (TPSA) is 83.9 Å². The molecule has 30 heavy (non-hydrogen) atoms. The van der Waals surface area contributed by atoms with Gasteiger partial charge in [0.05, 0.1) is 16.0 Å². The Bertz CT molecular complexity index is 1070. The minimum Gasteiger partial charge on any atom is -0.474 e. The molecule has 0 radical (unpaired) electrons. The molecule has 5 rings (SSSR count). The molecule has 2 aromatic rings. The lowest BCUT2D eigenvalue weighted by Crippen LogP contribution is -2.50. The van der Waals surface area contributed by atoms with Gasteiger partial charge in [0.25, 0.3) is 11.8 Å². The first-order chi connectivity index (χ1) is 14.6. The predicted octanol–water partition coefficient (Wildman–Crippen LogP) is 1.21. The van der Waals surface area contributed by atoms with Gasteiger partial charge in [-0.25, -0.2) is 0 Å². The summed E-state index contributed by atoms with van der Waals surface area (Å²) in [7, 11) is 2.03. The number of rotatable bonds is 4. The SMILES string of the molecule is O=C(NCc1ccccc1)c1cn2c(c(OP)c1=O)C(=O)N1C[C@@H]3CCCN3[C@@H]1C2. The molecule has 1 aromatic carbocycles. The van der Waals surface area contributed by atoms with E-state index in [0.29, 0.717) is 25.7 Å². The maximum absolute atomic E-state index is 13.2. The lowest BCUT2D eigenvalue weighted by molar-refractivity contribution is 0.0516. The van der Waals surface area contributed by atoms with Crippen molar-refractivity contribution in [3.05, 3.63) is 63.6 Å². The minimum atomic E-state index is -0.576. The first-order valence-electron chi connectivity index (χ1n) is 10.1. The molecule has 0 spiro atoms. The summed E-state index contributed by atoms with van der Waals surface area (Å²) in [5.74, 6) is -0.794. The van der Waals surface area contributed by atoms with Crippen LogP contribution in [0.3, 0.4) is 0 Å². The van der Waals surface area contributed by atoms with Crippen LogP contribution in [-0.4, -0.2) is 51.5 Å². The summed E-state index contributed by atoms with van der Waals surface area (Å²) in [6.45, 7) is 2.46. The third-order valence-electron chi connectivity index (χ3n) is 6.29. The number of aromatic nitrogens is 1. The first-order valence-corrected chi connectivity index (χ1v) is 10.6. The summed E-state index contributed by atoms with van der Waals surface area (Å²) in [5, 5.41) is 2.79. The first kappa shape index (κ1) is 19.3. The molecular weight excluding hydrogens is 403 g/mol. The molecule has 3 aliphatic heterocycles. The van der Waals surface area contributed by atoms with E-state index in [0.717, 1.165) is 24.9 Å². The number of benzene rings is 1. The van der Waals surface area contributed by atoms with Gasteiger partial charge in [0, 0.05) is 31.9 Å². The number of carbonyl (C=O) groups excluding carboxylic acids is 2. The van der Waals surface area contributed by atoms with Crippen LogP contribution in [-0.2, 0) is 13.1 Å². The van der Waals surface area contributed by atoms with E-state index in [1.807, 2.05) is 44.7 Å². The zero-order valence-corrected chi connectivity index (χ0v) is 17.6. The Morgan fingerprint density at radius 2 is 2.00 bits per heavy atom. The molecule has 3 aliphatic rings. The number of pyridine rings is 1. The van der Waals surface area contributed by atoms with Gasteiger partial charge < -0.3 is 19.3 Å². The van der Waals surface area contributed by atoms with Crippen LogP contribution in [0.5, 0.6) is 5.75 Å². The molecule has 9 heteroatoms. The van der Waals surface area contributed by atoms with E-state index in [1.165, 1.54) is 6.20 Å². The molecule has 0 saturated carbocycles. The highest BCUT2D eigenvalue weighted by molar-refractivity contribution is 7.10.